The lowest BCUT2D eigenvalue weighted by atomic mass is 10.1. The van der Waals surface area contributed by atoms with Gasteiger partial charge in [-0.15, -0.1) is 0 Å². The highest BCUT2D eigenvalue weighted by atomic mass is 16.5. The minimum Gasteiger partial charge on any atom is -0.462 e. The Morgan fingerprint density at radius 3 is 2.30 bits per heavy atom. The second kappa shape index (κ2) is 8.90. The smallest absolute Gasteiger partial charge is 0.338 e. The van der Waals surface area contributed by atoms with Crippen LogP contribution in [0.4, 0.5) is 11.5 Å². The van der Waals surface area contributed by atoms with Crippen LogP contribution in [0, 0.1) is 0 Å². The maximum absolute atomic E-state index is 13.1. The number of rotatable bonds is 5. The number of carbonyl (C=O) groups excluding carboxylic acids is 2. The first-order valence-corrected chi connectivity index (χ1v) is 10.3. The normalized spacial score (nSPS) is 13.8. The number of hydrogen-bond donors (Lipinski definition) is 1. The van der Waals surface area contributed by atoms with E-state index in [4.69, 9.17) is 9.72 Å². The molecule has 30 heavy (non-hydrogen) atoms. The van der Waals surface area contributed by atoms with Crippen LogP contribution >= 0.6 is 0 Å². The number of ether oxygens (including phenoxy) is 1. The van der Waals surface area contributed by atoms with Crippen LogP contribution in [-0.4, -0.2) is 41.5 Å². The molecule has 1 aliphatic heterocycles. The van der Waals surface area contributed by atoms with Crippen molar-refractivity contribution in [2.45, 2.75) is 26.2 Å². The van der Waals surface area contributed by atoms with Crippen molar-refractivity contribution < 1.29 is 14.3 Å². The van der Waals surface area contributed by atoms with Crippen molar-refractivity contribution in [2.24, 2.45) is 0 Å². The third-order valence-corrected chi connectivity index (χ3v) is 5.08. The molecule has 0 radical (unpaired) electrons. The zero-order valence-electron chi connectivity index (χ0n) is 16.9. The largest absolute Gasteiger partial charge is 0.462 e. The highest BCUT2D eigenvalue weighted by molar-refractivity contribution is 6.07. The highest BCUT2D eigenvalue weighted by Crippen LogP contribution is 2.25. The molecule has 1 aromatic heterocycles. The number of nitrogens with zero attached hydrogens (tertiary/aromatic N) is 3. The molecule has 0 atom stereocenters. The average Bonchev–Trinajstić information content (AvgIpc) is 2.79. The predicted molar refractivity (Wildman–Crippen MR) is 116 cm³/mol. The van der Waals surface area contributed by atoms with Crippen molar-refractivity contribution in [1.29, 1.82) is 0 Å². The zero-order valence-corrected chi connectivity index (χ0v) is 16.9. The molecule has 2 aromatic carbocycles. The Bertz CT molecular complexity index is 1060. The Kier molecular flexibility index (Phi) is 5.88. The summed E-state index contributed by atoms with van der Waals surface area (Å²) in [6, 6.07) is 14.2. The number of fused-ring (bicyclic) bond motifs is 1. The number of carbonyl (C=O) groups is 2. The molecule has 7 nitrogen and oxygen atoms in total. The van der Waals surface area contributed by atoms with Crippen LogP contribution in [-0.2, 0) is 4.74 Å². The molecule has 1 amide bonds. The number of benzene rings is 2. The number of anilines is 2. The number of hydrogen-bond acceptors (Lipinski definition) is 6. The first kappa shape index (κ1) is 19.8. The van der Waals surface area contributed by atoms with Gasteiger partial charge in [-0.05, 0) is 62.6 Å². The maximum Gasteiger partial charge on any atom is 0.338 e. The third kappa shape index (κ3) is 4.25. The van der Waals surface area contributed by atoms with Crippen LogP contribution in [0.2, 0.25) is 0 Å². The Balaban J connectivity index is 1.62. The van der Waals surface area contributed by atoms with E-state index < -0.39 is 0 Å². The number of nitrogens with one attached hydrogen (secondary N) is 1. The van der Waals surface area contributed by atoms with Gasteiger partial charge in [-0.3, -0.25) is 4.79 Å². The molecule has 1 N–H and O–H groups in total. The van der Waals surface area contributed by atoms with Crippen LogP contribution in [0.5, 0.6) is 0 Å². The summed E-state index contributed by atoms with van der Waals surface area (Å²) in [6.07, 6.45) is 3.33. The molecule has 0 unspecified atom stereocenters. The lowest BCUT2D eigenvalue weighted by Crippen LogP contribution is -2.33. The Hall–Kier alpha value is -3.48. The monoisotopic (exact) mass is 404 g/mol. The zero-order chi connectivity index (χ0) is 20.9. The summed E-state index contributed by atoms with van der Waals surface area (Å²) >= 11 is 0. The van der Waals surface area contributed by atoms with Crippen molar-refractivity contribution in [2.75, 3.05) is 29.9 Å². The summed E-state index contributed by atoms with van der Waals surface area (Å²) in [7, 11) is 0. The molecule has 0 bridgehead atoms. The summed E-state index contributed by atoms with van der Waals surface area (Å²) in [5.41, 5.74) is 2.78. The van der Waals surface area contributed by atoms with E-state index in [1.54, 1.807) is 31.2 Å². The SMILES string of the molecule is CCOC(=O)c1ccc(NC(=O)c2nc3ccccc3nc2N2CCCCC2)cc1. The van der Waals surface area contributed by atoms with E-state index >= 15 is 0 Å². The lowest BCUT2D eigenvalue weighted by Gasteiger charge is -2.29. The van der Waals surface area contributed by atoms with Crippen LogP contribution in [0.15, 0.2) is 48.5 Å². The van der Waals surface area contributed by atoms with E-state index in [2.05, 4.69) is 15.2 Å². The van der Waals surface area contributed by atoms with Gasteiger partial charge in [0.1, 0.15) is 0 Å². The minimum atomic E-state index is -0.386. The van der Waals surface area contributed by atoms with Crippen molar-refractivity contribution in [1.82, 2.24) is 9.97 Å². The van der Waals surface area contributed by atoms with E-state index in [1.807, 2.05) is 24.3 Å². The van der Waals surface area contributed by atoms with Gasteiger partial charge in [-0.1, -0.05) is 12.1 Å². The quantitative estimate of drug-likeness (QED) is 0.646. The van der Waals surface area contributed by atoms with Gasteiger partial charge in [-0.2, -0.15) is 0 Å². The second-order valence-electron chi connectivity index (χ2n) is 7.18. The molecule has 0 spiro atoms. The summed E-state index contributed by atoms with van der Waals surface area (Å²) < 4.78 is 4.99. The standard InChI is InChI=1S/C23H24N4O3/c1-2-30-23(29)16-10-12-17(13-11-16)24-22(28)20-21(27-14-6-3-7-15-27)26-19-9-5-4-8-18(19)25-20/h4-5,8-13H,2-3,6-7,14-15H2,1H3,(H,24,28). The molecule has 3 aromatic rings. The average molecular weight is 404 g/mol. The molecular formula is C23H24N4O3. The molecule has 4 rings (SSSR count). The fraction of sp³-hybridized carbons (Fsp3) is 0.304. The van der Waals surface area contributed by atoms with Gasteiger partial charge in [0.2, 0.25) is 0 Å². The van der Waals surface area contributed by atoms with Gasteiger partial charge in [0.05, 0.1) is 23.2 Å². The molecule has 0 saturated carbocycles. The summed E-state index contributed by atoms with van der Waals surface area (Å²) in [6.45, 7) is 3.80. The minimum absolute atomic E-state index is 0.310. The first-order chi connectivity index (χ1) is 14.7. The van der Waals surface area contributed by atoms with Crippen molar-refractivity contribution in [3.05, 3.63) is 59.8 Å². The fourth-order valence-electron chi connectivity index (χ4n) is 3.56. The molecule has 2 heterocycles. The third-order valence-electron chi connectivity index (χ3n) is 5.08. The lowest BCUT2D eigenvalue weighted by molar-refractivity contribution is 0.0526. The van der Waals surface area contributed by atoms with E-state index in [9.17, 15) is 9.59 Å². The van der Waals surface area contributed by atoms with Gasteiger partial charge in [0.15, 0.2) is 11.5 Å². The number of esters is 1. The highest BCUT2D eigenvalue weighted by Gasteiger charge is 2.23. The second-order valence-corrected chi connectivity index (χ2v) is 7.18. The number of aromatic nitrogens is 2. The molecule has 1 fully saturated rings. The van der Waals surface area contributed by atoms with Crippen molar-refractivity contribution >= 4 is 34.4 Å². The van der Waals surface area contributed by atoms with Crippen LogP contribution in [0.1, 0.15) is 47.0 Å². The van der Waals surface area contributed by atoms with Gasteiger partial charge in [0.25, 0.3) is 5.91 Å². The molecule has 7 heteroatoms. The Labute approximate surface area is 175 Å². The van der Waals surface area contributed by atoms with Gasteiger partial charge < -0.3 is 15.0 Å². The van der Waals surface area contributed by atoms with Gasteiger partial charge in [-0.25, -0.2) is 14.8 Å². The van der Waals surface area contributed by atoms with E-state index in [-0.39, 0.29) is 11.9 Å². The summed E-state index contributed by atoms with van der Waals surface area (Å²) in [5.74, 6) is -0.0880. The molecule has 1 saturated heterocycles. The number of piperidine rings is 1. The number of para-hydroxylation sites is 2. The van der Waals surface area contributed by atoms with Crippen LogP contribution < -0.4 is 10.2 Å². The van der Waals surface area contributed by atoms with Crippen molar-refractivity contribution in [3.8, 4) is 0 Å². The van der Waals surface area contributed by atoms with Crippen LogP contribution in [0.25, 0.3) is 11.0 Å². The van der Waals surface area contributed by atoms with Crippen LogP contribution in [0.3, 0.4) is 0 Å². The van der Waals surface area contributed by atoms with E-state index in [1.165, 1.54) is 6.42 Å². The molecular weight excluding hydrogens is 380 g/mol. The maximum atomic E-state index is 13.1. The predicted octanol–water partition coefficient (Wildman–Crippen LogP) is 4.05. The van der Waals surface area contributed by atoms with Crippen molar-refractivity contribution in [3.63, 3.8) is 0 Å². The van der Waals surface area contributed by atoms with E-state index in [0.29, 0.717) is 34.9 Å². The van der Waals surface area contributed by atoms with Gasteiger partial charge >= 0.3 is 5.97 Å². The topological polar surface area (TPSA) is 84.4 Å². The molecule has 1 aliphatic rings. The fourth-order valence-corrected chi connectivity index (χ4v) is 3.56. The number of amides is 1. The Morgan fingerprint density at radius 2 is 1.63 bits per heavy atom. The molecule has 154 valence electrons. The molecule has 0 aliphatic carbocycles. The first-order valence-electron chi connectivity index (χ1n) is 10.3. The summed E-state index contributed by atoms with van der Waals surface area (Å²) in [5, 5.41) is 2.88. The van der Waals surface area contributed by atoms with E-state index in [0.717, 1.165) is 31.4 Å². The Morgan fingerprint density at radius 1 is 0.967 bits per heavy atom. The summed E-state index contributed by atoms with van der Waals surface area (Å²) in [4.78, 5) is 36.4. The van der Waals surface area contributed by atoms with Gasteiger partial charge in [0, 0.05) is 18.8 Å².